The Labute approximate surface area is 109 Å². The topological polar surface area (TPSA) is 0 Å². The van der Waals surface area contributed by atoms with Crippen LogP contribution in [0.5, 0.6) is 0 Å². The summed E-state index contributed by atoms with van der Waals surface area (Å²) < 4.78 is 39.5. The molecule has 0 saturated heterocycles. The number of benzene rings is 2. The van der Waals surface area contributed by atoms with Crippen molar-refractivity contribution in [3.63, 3.8) is 0 Å². The van der Waals surface area contributed by atoms with Crippen LogP contribution in [-0.4, -0.2) is 0 Å². The van der Waals surface area contributed by atoms with Crippen LogP contribution in [0.15, 0.2) is 50.7 Å². The van der Waals surface area contributed by atoms with Gasteiger partial charge >= 0.3 is 0 Å². The van der Waals surface area contributed by atoms with Crippen molar-refractivity contribution in [3.8, 4) is 0 Å². The third kappa shape index (κ3) is 3.04. The highest BCUT2D eigenvalue weighted by molar-refractivity contribution is 9.10. The summed E-state index contributed by atoms with van der Waals surface area (Å²) in [6.07, 6.45) is 0. The molecule has 0 nitrogen and oxygen atoms in total. The first kappa shape index (κ1) is 12.5. The third-order valence-electron chi connectivity index (χ3n) is 2.01. The van der Waals surface area contributed by atoms with Crippen LogP contribution < -0.4 is 0 Å². The molecule has 0 aliphatic rings. The standard InChI is InChI=1S/C12H6BrF3S/c13-9-5-7(14)1-3-11(9)17-12-4-2-8(15)6-10(12)16/h1-6H. The molecule has 17 heavy (non-hydrogen) atoms. The second-order valence-electron chi connectivity index (χ2n) is 3.25. The molecule has 0 N–H and O–H groups in total. The zero-order valence-electron chi connectivity index (χ0n) is 8.38. The van der Waals surface area contributed by atoms with Crippen molar-refractivity contribution >= 4 is 27.7 Å². The van der Waals surface area contributed by atoms with Gasteiger partial charge in [0.25, 0.3) is 0 Å². The summed E-state index contributed by atoms with van der Waals surface area (Å²) in [5.41, 5.74) is 0. The fourth-order valence-corrected chi connectivity index (χ4v) is 2.65. The van der Waals surface area contributed by atoms with Crippen LogP contribution in [0.1, 0.15) is 0 Å². The fraction of sp³-hybridized carbons (Fsp3) is 0. The Balaban J connectivity index is 2.31. The Morgan fingerprint density at radius 2 is 1.41 bits per heavy atom. The van der Waals surface area contributed by atoms with Crippen LogP contribution in [0.2, 0.25) is 0 Å². The van der Waals surface area contributed by atoms with Crippen molar-refractivity contribution < 1.29 is 13.2 Å². The quantitative estimate of drug-likeness (QED) is 0.749. The first-order chi connectivity index (χ1) is 8.06. The van der Waals surface area contributed by atoms with Crippen molar-refractivity contribution in [2.75, 3.05) is 0 Å². The Hall–Kier alpha value is -0.940. The van der Waals surface area contributed by atoms with Gasteiger partial charge in [-0.05, 0) is 46.3 Å². The average molecular weight is 319 g/mol. The number of halogens is 4. The zero-order chi connectivity index (χ0) is 12.4. The van der Waals surface area contributed by atoms with Crippen LogP contribution in [0.4, 0.5) is 13.2 Å². The average Bonchev–Trinajstić information content (AvgIpc) is 2.25. The van der Waals surface area contributed by atoms with E-state index in [-0.39, 0.29) is 5.82 Å². The van der Waals surface area contributed by atoms with Crippen molar-refractivity contribution in [2.45, 2.75) is 9.79 Å². The molecule has 0 atom stereocenters. The van der Waals surface area contributed by atoms with Gasteiger partial charge in [-0.25, -0.2) is 13.2 Å². The smallest absolute Gasteiger partial charge is 0.140 e. The van der Waals surface area contributed by atoms with Gasteiger partial charge in [-0.2, -0.15) is 0 Å². The van der Waals surface area contributed by atoms with E-state index < -0.39 is 11.6 Å². The first-order valence-corrected chi connectivity index (χ1v) is 6.25. The van der Waals surface area contributed by atoms with Gasteiger partial charge in [0.15, 0.2) is 0 Å². The minimum absolute atomic E-state index is 0.290. The van der Waals surface area contributed by atoms with Gasteiger partial charge in [0.2, 0.25) is 0 Å². The summed E-state index contributed by atoms with van der Waals surface area (Å²) in [4.78, 5) is 0.954. The van der Waals surface area contributed by atoms with Crippen molar-refractivity contribution in [1.29, 1.82) is 0 Å². The summed E-state index contributed by atoms with van der Waals surface area (Å²) >= 11 is 4.29. The maximum atomic E-state index is 13.4. The Morgan fingerprint density at radius 1 is 0.824 bits per heavy atom. The van der Waals surface area contributed by atoms with Crippen LogP contribution >= 0.6 is 27.7 Å². The van der Waals surface area contributed by atoms with Gasteiger partial charge in [-0.15, -0.1) is 0 Å². The van der Waals surface area contributed by atoms with Gasteiger partial charge in [0, 0.05) is 20.3 Å². The van der Waals surface area contributed by atoms with E-state index in [0.29, 0.717) is 14.3 Å². The second kappa shape index (κ2) is 5.14. The van der Waals surface area contributed by atoms with E-state index in [9.17, 15) is 13.2 Å². The van der Waals surface area contributed by atoms with Gasteiger partial charge in [-0.3, -0.25) is 0 Å². The molecule has 0 radical (unpaired) electrons. The number of rotatable bonds is 2. The SMILES string of the molecule is Fc1ccc(Sc2ccc(F)cc2Br)c(F)c1. The molecule has 0 aromatic heterocycles. The molecule has 0 heterocycles. The lowest BCUT2D eigenvalue weighted by Gasteiger charge is -2.05. The molecule has 0 amide bonds. The van der Waals surface area contributed by atoms with E-state index in [4.69, 9.17) is 0 Å². The fourth-order valence-electron chi connectivity index (χ4n) is 1.23. The summed E-state index contributed by atoms with van der Waals surface area (Å²) in [5, 5.41) is 0. The third-order valence-corrected chi connectivity index (χ3v) is 4.05. The summed E-state index contributed by atoms with van der Waals surface area (Å²) in [7, 11) is 0. The molecule has 2 aromatic carbocycles. The van der Waals surface area contributed by atoms with Crippen LogP contribution in [0.25, 0.3) is 0 Å². The summed E-state index contributed by atoms with van der Waals surface area (Å²) in [5.74, 6) is -1.63. The van der Waals surface area contributed by atoms with Crippen molar-refractivity contribution in [1.82, 2.24) is 0 Å². The summed E-state index contributed by atoms with van der Waals surface area (Å²) in [6.45, 7) is 0. The molecule has 0 fully saturated rings. The largest absolute Gasteiger partial charge is 0.207 e. The minimum atomic E-state index is -0.633. The van der Waals surface area contributed by atoms with Crippen LogP contribution in [0, 0.1) is 17.5 Å². The van der Waals surface area contributed by atoms with E-state index in [0.717, 1.165) is 17.8 Å². The molecule has 0 bridgehead atoms. The van der Waals surface area contributed by atoms with Crippen LogP contribution in [-0.2, 0) is 0 Å². The molecule has 5 heteroatoms. The monoisotopic (exact) mass is 318 g/mol. The van der Waals surface area contributed by atoms with E-state index in [1.165, 1.54) is 30.3 Å². The number of hydrogen-bond donors (Lipinski definition) is 0. The molecular weight excluding hydrogens is 313 g/mol. The van der Waals surface area contributed by atoms with Crippen molar-refractivity contribution in [3.05, 3.63) is 58.3 Å². The highest BCUT2D eigenvalue weighted by atomic mass is 79.9. The maximum Gasteiger partial charge on any atom is 0.140 e. The van der Waals surface area contributed by atoms with E-state index in [1.54, 1.807) is 0 Å². The normalized spacial score (nSPS) is 10.6. The Bertz CT molecular complexity index is 508. The highest BCUT2D eigenvalue weighted by Gasteiger charge is 2.08. The summed E-state index contributed by atoms with van der Waals surface area (Å²) in [6, 6.07) is 7.47. The highest BCUT2D eigenvalue weighted by Crippen LogP contribution is 2.35. The maximum absolute atomic E-state index is 13.4. The molecule has 0 saturated carbocycles. The van der Waals surface area contributed by atoms with Crippen LogP contribution in [0.3, 0.4) is 0 Å². The molecule has 0 aliphatic heterocycles. The van der Waals surface area contributed by atoms with Crippen molar-refractivity contribution in [2.24, 2.45) is 0 Å². The van der Waals surface area contributed by atoms with E-state index >= 15 is 0 Å². The minimum Gasteiger partial charge on any atom is -0.207 e. The van der Waals surface area contributed by atoms with E-state index in [1.807, 2.05) is 0 Å². The zero-order valence-corrected chi connectivity index (χ0v) is 10.8. The molecule has 2 aromatic rings. The predicted octanol–water partition coefficient (Wildman–Crippen LogP) is 5.02. The predicted molar refractivity (Wildman–Crippen MR) is 64.6 cm³/mol. The van der Waals surface area contributed by atoms with Gasteiger partial charge < -0.3 is 0 Å². The lowest BCUT2D eigenvalue weighted by Crippen LogP contribution is -1.85. The Kier molecular flexibility index (Phi) is 3.79. The lowest BCUT2D eigenvalue weighted by atomic mass is 10.3. The molecule has 2 rings (SSSR count). The number of hydrogen-bond acceptors (Lipinski definition) is 1. The molecular formula is C12H6BrF3S. The van der Waals surface area contributed by atoms with Gasteiger partial charge in [0.1, 0.15) is 17.5 Å². The first-order valence-electron chi connectivity index (χ1n) is 4.64. The lowest BCUT2D eigenvalue weighted by molar-refractivity contribution is 0.565. The molecule has 0 unspecified atom stereocenters. The Morgan fingerprint density at radius 3 is 2.00 bits per heavy atom. The van der Waals surface area contributed by atoms with E-state index in [2.05, 4.69) is 15.9 Å². The molecule has 0 aliphatic carbocycles. The van der Waals surface area contributed by atoms with Gasteiger partial charge in [-0.1, -0.05) is 11.8 Å². The molecule has 0 spiro atoms. The molecule has 88 valence electrons. The van der Waals surface area contributed by atoms with Gasteiger partial charge in [0.05, 0.1) is 0 Å². The second-order valence-corrected chi connectivity index (χ2v) is 5.19.